The van der Waals surface area contributed by atoms with Crippen LogP contribution < -0.4 is 4.90 Å². The molecule has 146 valence electrons. The van der Waals surface area contributed by atoms with Gasteiger partial charge in [-0.05, 0) is 49.3 Å². The summed E-state index contributed by atoms with van der Waals surface area (Å²) < 4.78 is 7.73. The molecule has 0 amide bonds. The van der Waals surface area contributed by atoms with Crippen molar-refractivity contribution < 1.29 is 4.74 Å². The molecule has 2 aliphatic heterocycles. The minimum absolute atomic E-state index is 0.279. The second-order valence-electron chi connectivity index (χ2n) is 8.33. The quantitative estimate of drug-likeness (QED) is 0.747. The Bertz CT molecular complexity index is 753. The van der Waals surface area contributed by atoms with E-state index in [1.54, 1.807) is 0 Å². The molecule has 0 unspecified atom stereocenters. The van der Waals surface area contributed by atoms with E-state index < -0.39 is 0 Å². The summed E-state index contributed by atoms with van der Waals surface area (Å²) in [5.74, 6) is 0. The van der Waals surface area contributed by atoms with E-state index in [1.807, 2.05) is 10.9 Å². The van der Waals surface area contributed by atoms with Crippen LogP contribution in [0.1, 0.15) is 38.7 Å². The van der Waals surface area contributed by atoms with Crippen LogP contribution in [0, 0.1) is 12.3 Å². The number of aryl methyl sites for hydroxylation is 1. The van der Waals surface area contributed by atoms with Crippen LogP contribution in [0.3, 0.4) is 0 Å². The molecule has 0 spiro atoms. The Kier molecular flexibility index (Phi) is 6.00. The normalized spacial score (nSPS) is 21.1. The zero-order valence-corrected chi connectivity index (χ0v) is 16.9. The van der Waals surface area contributed by atoms with Crippen molar-refractivity contribution in [2.75, 3.05) is 24.6 Å². The lowest BCUT2D eigenvalue weighted by atomic mass is 9.84. The van der Waals surface area contributed by atoms with Gasteiger partial charge in [0.2, 0.25) is 0 Å². The first kappa shape index (κ1) is 19.6. The van der Waals surface area contributed by atoms with E-state index in [9.17, 15) is 0 Å². The lowest BCUT2D eigenvalue weighted by molar-refractivity contribution is 0.00370. The SMILES string of the molecule is C=C.Cc1cc(N2CC(C)(C)C2)ccc1-c1cn(C[C@H]2CCCCO2)nn1. The molecule has 0 radical (unpaired) electrons. The van der Waals surface area contributed by atoms with Crippen molar-refractivity contribution in [3.05, 3.63) is 43.1 Å². The summed E-state index contributed by atoms with van der Waals surface area (Å²) in [5.41, 5.74) is 5.12. The van der Waals surface area contributed by atoms with Gasteiger partial charge in [0, 0.05) is 30.9 Å². The van der Waals surface area contributed by atoms with E-state index >= 15 is 0 Å². The average molecular weight is 369 g/mol. The second-order valence-corrected chi connectivity index (χ2v) is 8.33. The predicted octanol–water partition coefficient (Wildman–Crippen LogP) is 4.47. The van der Waals surface area contributed by atoms with Crippen LogP contribution in [0.4, 0.5) is 5.69 Å². The van der Waals surface area contributed by atoms with Crippen molar-refractivity contribution >= 4 is 5.69 Å². The third-order valence-corrected chi connectivity index (χ3v) is 5.29. The van der Waals surface area contributed by atoms with Gasteiger partial charge in [0.25, 0.3) is 0 Å². The van der Waals surface area contributed by atoms with Crippen LogP contribution in [-0.2, 0) is 11.3 Å². The molecule has 0 saturated carbocycles. The molecule has 27 heavy (non-hydrogen) atoms. The highest BCUT2D eigenvalue weighted by atomic mass is 16.5. The number of hydrogen-bond acceptors (Lipinski definition) is 4. The molecule has 2 saturated heterocycles. The minimum atomic E-state index is 0.279. The molecule has 0 bridgehead atoms. The van der Waals surface area contributed by atoms with Gasteiger partial charge in [-0.2, -0.15) is 0 Å². The van der Waals surface area contributed by atoms with Crippen molar-refractivity contribution in [1.29, 1.82) is 0 Å². The molecule has 5 heteroatoms. The predicted molar refractivity (Wildman–Crippen MR) is 111 cm³/mol. The largest absolute Gasteiger partial charge is 0.376 e. The highest BCUT2D eigenvalue weighted by Gasteiger charge is 2.34. The fourth-order valence-corrected chi connectivity index (χ4v) is 3.97. The molecule has 3 heterocycles. The molecule has 2 aromatic rings. The maximum Gasteiger partial charge on any atom is 0.113 e. The number of nitrogens with zero attached hydrogens (tertiary/aromatic N) is 4. The molecule has 2 fully saturated rings. The lowest BCUT2D eigenvalue weighted by Gasteiger charge is -2.47. The minimum Gasteiger partial charge on any atom is -0.376 e. The Morgan fingerprint density at radius 2 is 2.00 bits per heavy atom. The Labute approximate surface area is 163 Å². The van der Waals surface area contributed by atoms with Gasteiger partial charge < -0.3 is 9.64 Å². The van der Waals surface area contributed by atoms with Gasteiger partial charge in [-0.25, -0.2) is 4.68 Å². The first-order valence-electron chi connectivity index (χ1n) is 9.88. The van der Waals surface area contributed by atoms with E-state index in [4.69, 9.17) is 4.74 Å². The van der Waals surface area contributed by atoms with Crippen LogP contribution in [0.5, 0.6) is 0 Å². The van der Waals surface area contributed by atoms with Gasteiger partial charge in [-0.1, -0.05) is 25.1 Å². The summed E-state index contributed by atoms with van der Waals surface area (Å²) >= 11 is 0. The molecule has 0 aliphatic carbocycles. The molecular formula is C22H32N4O. The number of aromatic nitrogens is 3. The smallest absolute Gasteiger partial charge is 0.113 e. The maximum absolute atomic E-state index is 5.80. The van der Waals surface area contributed by atoms with Crippen LogP contribution in [-0.4, -0.2) is 40.8 Å². The molecule has 2 aliphatic rings. The average Bonchev–Trinajstić information content (AvgIpc) is 3.10. The van der Waals surface area contributed by atoms with Crippen molar-refractivity contribution in [3.8, 4) is 11.3 Å². The Balaban J connectivity index is 0.00000102. The van der Waals surface area contributed by atoms with E-state index in [0.717, 1.165) is 38.4 Å². The van der Waals surface area contributed by atoms with Gasteiger partial charge in [0.1, 0.15) is 5.69 Å². The molecule has 1 atom stereocenters. The van der Waals surface area contributed by atoms with Gasteiger partial charge >= 0.3 is 0 Å². The molecule has 1 aromatic carbocycles. The van der Waals surface area contributed by atoms with Crippen LogP contribution >= 0.6 is 0 Å². The highest BCUT2D eigenvalue weighted by Crippen LogP contribution is 2.35. The monoisotopic (exact) mass is 368 g/mol. The zero-order chi connectivity index (χ0) is 19.4. The van der Waals surface area contributed by atoms with Crippen LogP contribution in [0.15, 0.2) is 37.6 Å². The maximum atomic E-state index is 5.80. The zero-order valence-electron chi connectivity index (χ0n) is 16.9. The van der Waals surface area contributed by atoms with Crippen molar-refractivity contribution in [2.45, 2.75) is 52.7 Å². The Morgan fingerprint density at radius 1 is 1.22 bits per heavy atom. The highest BCUT2D eigenvalue weighted by molar-refractivity contribution is 5.67. The van der Waals surface area contributed by atoms with Gasteiger partial charge in [-0.3, -0.25) is 0 Å². The van der Waals surface area contributed by atoms with Crippen molar-refractivity contribution in [2.24, 2.45) is 5.41 Å². The summed E-state index contributed by atoms with van der Waals surface area (Å²) in [6.45, 7) is 16.7. The van der Waals surface area contributed by atoms with Crippen molar-refractivity contribution in [3.63, 3.8) is 0 Å². The lowest BCUT2D eigenvalue weighted by Crippen LogP contribution is -2.53. The summed E-state index contributed by atoms with van der Waals surface area (Å²) in [6.07, 6.45) is 5.88. The van der Waals surface area contributed by atoms with E-state index in [0.29, 0.717) is 5.41 Å². The van der Waals surface area contributed by atoms with Gasteiger partial charge in [0.05, 0.1) is 18.8 Å². The van der Waals surface area contributed by atoms with Crippen molar-refractivity contribution in [1.82, 2.24) is 15.0 Å². The Morgan fingerprint density at radius 3 is 2.63 bits per heavy atom. The Hall–Kier alpha value is -2.14. The number of ether oxygens (including phenoxy) is 1. The topological polar surface area (TPSA) is 43.2 Å². The summed E-state index contributed by atoms with van der Waals surface area (Å²) in [7, 11) is 0. The summed E-state index contributed by atoms with van der Waals surface area (Å²) in [5, 5.41) is 8.70. The first-order chi connectivity index (χ1) is 13.0. The third-order valence-electron chi connectivity index (χ3n) is 5.29. The number of benzene rings is 1. The van der Waals surface area contributed by atoms with Crippen LogP contribution in [0.25, 0.3) is 11.3 Å². The molecular weight excluding hydrogens is 336 g/mol. The van der Waals surface area contributed by atoms with Gasteiger partial charge in [-0.15, -0.1) is 18.3 Å². The standard InChI is InChI=1S/C20H28N4O.C2H4/c1-15-10-16(23-13-20(2,3)14-23)7-8-18(15)19-12-24(22-21-19)11-17-6-4-5-9-25-17;1-2/h7-8,10,12,17H,4-6,9,11,13-14H2,1-3H3;1-2H2/t17-;/m1./s1. The van der Waals surface area contributed by atoms with Gasteiger partial charge in [0.15, 0.2) is 0 Å². The van der Waals surface area contributed by atoms with E-state index in [1.165, 1.54) is 29.7 Å². The molecule has 1 aromatic heterocycles. The number of hydrogen-bond donors (Lipinski definition) is 0. The fraction of sp³-hybridized carbons (Fsp3) is 0.545. The summed E-state index contributed by atoms with van der Waals surface area (Å²) in [6, 6.07) is 6.66. The van der Waals surface area contributed by atoms with E-state index in [2.05, 4.69) is 67.3 Å². The fourth-order valence-electron chi connectivity index (χ4n) is 3.97. The first-order valence-corrected chi connectivity index (χ1v) is 9.88. The van der Waals surface area contributed by atoms with E-state index in [-0.39, 0.29) is 6.10 Å². The van der Waals surface area contributed by atoms with Crippen LogP contribution in [0.2, 0.25) is 0 Å². The molecule has 4 rings (SSSR count). The third kappa shape index (κ3) is 4.59. The number of anilines is 1. The molecule has 0 N–H and O–H groups in total. The summed E-state index contributed by atoms with van der Waals surface area (Å²) in [4.78, 5) is 2.44. The molecule has 5 nitrogen and oxygen atoms in total. The second kappa shape index (κ2) is 8.26. The number of rotatable bonds is 4.